The van der Waals surface area contributed by atoms with Crippen molar-refractivity contribution in [2.75, 3.05) is 12.4 Å². The molecular weight excluding hydrogens is 366 g/mol. The van der Waals surface area contributed by atoms with Crippen LogP contribution >= 0.6 is 0 Å². The first-order chi connectivity index (χ1) is 14.2. The van der Waals surface area contributed by atoms with Crippen molar-refractivity contribution >= 4 is 22.6 Å². The van der Waals surface area contributed by atoms with Crippen LogP contribution in [0.25, 0.3) is 11.0 Å². The summed E-state index contributed by atoms with van der Waals surface area (Å²) in [5.74, 6) is 1.98. The van der Waals surface area contributed by atoms with Crippen molar-refractivity contribution in [3.05, 3.63) is 84.7 Å². The smallest absolute Gasteiger partial charge is 0.244 e. The molecule has 6 heteroatoms. The van der Waals surface area contributed by atoms with Crippen molar-refractivity contribution in [1.82, 2.24) is 9.55 Å². The zero-order valence-corrected chi connectivity index (χ0v) is 16.0. The molecule has 0 atom stereocenters. The van der Waals surface area contributed by atoms with Crippen LogP contribution in [0.4, 0.5) is 5.69 Å². The van der Waals surface area contributed by atoms with Gasteiger partial charge in [0.2, 0.25) is 5.91 Å². The van der Waals surface area contributed by atoms with E-state index >= 15 is 0 Å². The fraction of sp³-hybridized carbons (Fsp3) is 0.130. The number of carbonyl (C=O) groups excluding carboxylic acids is 1. The topological polar surface area (TPSA) is 65.4 Å². The van der Waals surface area contributed by atoms with E-state index in [1.54, 1.807) is 13.2 Å². The van der Waals surface area contributed by atoms with Crippen LogP contribution in [0.3, 0.4) is 0 Å². The van der Waals surface area contributed by atoms with Gasteiger partial charge in [-0.2, -0.15) is 0 Å². The maximum absolute atomic E-state index is 12.7. The van der Waals surface area contributed by atoms with Gasteiger partial charge >= 0.3 is 0 Å². The highest BCUT2D eigenvalue weighted by atomic mass is 16.5. The molecule has 29 heavy (non-hydrogen) atoms. The van der Waals surface area contributed by atoms with E-state index in [0.717, 1.165) is 16.8 Å². The van der Waals surface area contributed by atoms with Crippen LogP contribution in [0.1, 0.15) is 5.82 Å². The van der Waals surface area contributed by atoms with Gasteiger partial charge < -0.3 is 19.4 Å². The maximum atomic E-state index is 12.7. The van der Waals surface area contributed by atoms with E-state index in [0.29, 0.717) is 17.3 Å². The summed E-state index contributed by atoms with van der Waals surface area (Å²) in [7, 11) is 1.59. The van der Waals surface area contributed by atoms with Crippen molar-refractivity contribution in [3.63, 3.8) is 0 Å². The third kappa shape index (κ3) is 4.38. The number of imidazole rings is 1. The molecule has 4 aromatic rings. The summed E-state index contributed by atoms with van der Waals surface area (Å²) < 4.78 is 13.0. The number of benzene rings is 3. The van der Waals surface area contributed by atoms with Crippen LogP contribution in [-0.4, -0.2) is 22.6 Å². The molecule has 0 aliphatic heterocycles. The predicted octanol–water partition coefficient (Wildman–Crippen LogP) is 4.26. The van der Waals surface area contributed by atoms with Crippen LogP contribution in [0, 0.1) is 0 Å². The molecule has 0 aliphatic rings. The zero-order valence-electron chi connectivity index (χ0n) is 16.0. The molecule has 0 saturated heterocycles. The molecule has 1 aromatic heterocycles. The van der Waals surface area contributed by atoms with E-state index in [9.17, 15) is 4.79 Å². The number of ether oxygens (including phenoxy) is 2. The van der Waals surface area contributed by atoms with Crippen molar-refractivity contribution < 1.29 is 14.3 Å². The number of rotatable bonds is 7. The first-order valence-corrected chi connectivity index (χ1v) is 9.29. The van der Waals surface area contributed by atoms with Crippen molar-refractivity contribution in [2.45, 2.75) is 13.2 Å². The Morgan fingerprint density at radius 3 is 2.55 bits per heavy atom. The number of carbonyl (C=O) groups is 1. The van der Waals surface area contributed by atoms with Gasteiger partial charge in [0.1, 0.15) is 30.5 Å². The molecular formula is C23H21N3O3. The minimum absolute atomic E-state index is 0.130. The summed E-state index contributed by atoms with van der Waals surface area (Å²) >= 11 is 0. The number of fused-ring (bicyclic) bond motifs is 1. The number of nitrogens with zero attached hydrogens (tertiary/aromatic N) is 2. The molecule has 4 rings (SSSR count). The number of anilines is 1. The number of hydrogen-bond acceptors (Lipinski definition) is 4. The Morgan fingerprint density at radius 2 is 1.72 bits per heavy atom. The molecule has 1 amide bonds. The quantitative estimate of drug-likeness (QED) is 0.515. The van der Waals surface area contributed by atoms with Crippen LogP contribution in [-0.2, 0) is 17.9 Å². The van der Waals surface area contributed by atoms with Gasteiger partial charge in [-0.25, -0.2) is 4.98 Å². The Kier molecular flexibility index (Phi) is 5.42. The number of para-hydroxylation sites is 3. The standard InChI is InChI=1S/C23H21N3O3/c1-28-19-11-7-8-17(14-19)24-23(27)15-26-21-13-6-5-12-20(21)25-22(26)16-29-18-9-3-2-4-10-18/h2-14H,15-16H2,1H3,(H,24,27). The molecule has 0 unspecified atom stereocenters. The Hall–Kier alpha value is -3.80. The van der Waals surface area contributed by atoms with E-state index in [1.165, 1.54) is 0 Å². The second kappa shape index (κ2) is 8.48. The lowest BCUT2D eigenvalue weighted by molar-refractivity contribution is -0.116. The molecule has 0 spiro atoms. The van der Waals surface area contributed by atoms with Gasteiger partial charge in [0, 0.05) is 11.8 Å². The molecule has 0 saturated carbocycles. The number of hydrogen-bond donors (Lipinski definition) is 1. The average molecular weight is 387 g/mol. The molecule has 146 valence electrons. The molecule has 3 aromatic carbocycles. The van der Waals surface area contributed by atoms with Crippen molar-refractivity contribution in [2.24, 2.45) is 0 Å². The van der Waals surface area contributed by atoms with Gasteiger partial charge in [-0.3, -0.25) is 4.79 Å². The largest absolute Gasteiger partial charge is 0.497 e. The lowest BCUT2D eigenvalue weighted by Crippen LogP contribution is -2.20. The third-order valence-electron chi connectivity index (χ3n) is 4.50. The summed E-state index contributed by atoms with van der Waals surface area (Å²) in [6.07, 6.45) is 0. The molecule has 0 bridgehead atoms. The number of methoxy groups -OCH3 is 1. The van der Waals surface area contributed by atoms with Gasteiger partial charge in [0.25, 0.3) is 0 Å². The summed E-state index contributed by atoms with van der Waals surface area (Å²) in [5, 5.41) is 2.91. The lowest BCUT2D eigenvalue weighted by atomic mass is 10.3. The van der Waals surface area contributed by atoms with Gasteiger partial charge in [-0.05, 0) is 36.4 Å². The van der Waals surface area contributed by atoms with E-state index in [4.69, 9.17) is 9.47 Å². The zero-order chi connectivity index (χ0) is 20.1. The summed E-state index contributed by atoms with van der Waals surface area (Å²) in [6.45, 7) is 0.399. The minimum Gasteiger partial charge on any atom is -0.497 e. The van der Waals surface area contributed by atoms with Crippen LogP contribution in [0.15, 0.2) is 78.9 Å². The van der Waals surface area contributed by atoms with Gasteiger partial charge in [-0.15, -0.1) is 0 Å². The SMILES string of the molecule is COc1cccc(NC(=O)Cn2c(COc3ccccc3)nc3ccccc32)c1. The second-order valence-corrected chi connectivity index (χ2v) is 6.48. The number of amides is 1. The van der Waals surface area contributed by atoms with E-state index in [1.807, 2.05) is 77.4 Å². The first-order valence-electron chi connectivity index (χ1n) is 9.29. The normalized spacial score (nSPS) is 10.7. The number of aromatic nitrogens is 2. The van der Waals surface area contributed by atoms with E-state index in [-0.39, 0.29) is 19.1 Å². The minimum atomic E-state index is -0.151. The van der Waals surface area contributed by atoms with Gasteiger partial charge in [0.05, 0.1) is 18.1 Å². The average Bonchev–Trinajstić information content (AvgIpc) is 3.10. The molecule has 0 radical (unpaired) electrons. The highest BCUT2D eigenvalue weighted by Gasteiger charge is 2.14. The monoisotopic (exact) mass is 387 g/mol. The summed E-state index contributed by atoms with van der Waals surface area (Å²) in [6, 6.07) is 24.6. The Labute approximate surface area is 168 Å². The van der Waals surface area contributed by atoms with Gasteiger partial charge in [-0.1, -0.05) is 36.4 Å². The Balaban J connectivity index is 1.55. The van der Waals surface area contributed by atoms with Gasteiger partial charge in [0.15, 0.2) is 0 Å². The second-order valence-electron chi connectivity index (χ2n) is 6.48. The summed E-state index contributed by atoms with van der Waals surface area (Å²) in [5.41, 5.74) is 2.40. The molecule has 6 nitrogen and oxygen atoms in total. The van der Waals surface area contributed by atoms with E-state index in [2.05, 4.69) is 10.3 Å². The van der Waals surface area contributed by atoms with Crippen molar-refractivity contribution in [3.8, 4) is 11.5 Å². The van der Waals surface area contributed by atoms with E-state index < -0.39 is 0 Å². The fourth-order valence-corrected chi connectivity index (χ4v) is 3.12. The molecule has 1 N–H and O–H groups in total. The van der Waals surface area contributed by atoms with Crippen LogP contribution in [0.5, 0.6) is 11.5 Å². The number of nitrogens with one attached hydrogen (secondary N) is 1. The fourth-order valence-electron chi connectivity index (χ4n) is 3.12. The molecule has 0 fully saturated rings. The van der Waals surface area contributed by atoms with Crippen LogP contribution < -0.4 is 14.8 Å². The lowest BCUT2D eigenvalue weighted by Gasteiger charge is -2.11. The van der Waals surface area contributed by atoms with Crippen molar-refractivity contribution in [1.29, 1.82) is 0 Å². The highest BCUT2D eigenvalue weighted by molar-refractivity contribution is 5.92. The molecule has 1 heterocycles. The summed E-state index contributed by atoms with van der Waals surface area (Å²) in [4.78, 5) is 17.4. The predicted molar refractivity (Wildman–Crippen MR) is 112 cm³/mol. The highest BCUT2D eigenvalue weighted by Crippen LogP contribution is 2.20. The maximum Gasteiger partial charge on any atom is 0.244 e. The Morgan fingerprint density at radius 1 is 0.966 bits per heavy atom. The third-order valence-corrected chi connectivity index (χ3v) is 4.50. The van der Waals surface area contributed by atoms with Crippen LogP contribution in [0.2, 0.25) is 0 Å². The molecule has 0 aliphatic carbocycles. The Bertz CT molecular complexity index is 1120. The first kappa shape index (κ1) is 18.6.